The Bertz CT molecular complexity index is 4880. The van der Waals surface area contributed by atoms with Gasteiger partial charge in [0.25, 0.3) is 0 Å². The Morgan fingerprint density at radius 3 is 1.23 bits per heavy atom. The molecule has 0 radical (unpaired) electrons. The fraction of sp³-hybridized carbons (Fsp3) is 0.371. The van der Waals surface area contributed by atoms with E-state index < -0.39 is 179 Å². The Morgan fingerprint density at radius 2 is 0.790 bits per heavy atom. The molecule has 7 aromatic rings. The average Bonchev–Trinajstić information content (AvgIpc) is 1.34. The number of nitrogens with one attached hydrogen (secondary N) is 10. The van der Waals surface area contributed by atoms with Gasteiger partial charge in [-0.25, -0.2) is 0 Å². The van der Waals surface area contributed by atoms with Gasteiger partial charge in [0.15, 0.2) is 0 Å². The Hall–Kier alpha value is -13.6. The lowest BCUT2D eigenvalue weighted by atomic mass is 9.98. The van der Waals surface area contributed by atoms with Gasteiger partial charge in [-0.15, -0.1) is 11.8 Å². The van der Waals surface area contributed by atoms with Crippen molar-refractivity contribution >= 4 is 94.5 Å². The van der Waals surface area contributed by atoms with Gasteiger partial charge in [-0.1, -0.05) is 135 Å². The number of aromatic hydroxyl groups is 4. The first-order chi connectivity index (χ1) is 59.2. The third-order valence-corrected chi connectivity index (χ3v) is 22.0. The van der Waals surface area contributed by atoms with E-state index in [9.17, 15) is 59.1 Å². The van der Waals surface area contributed by atoms with Gasteiger partial charge in [0, 0.05) is 64.3 Å². The number of phenolic OH excluding ortho intramolecular Hbond substituents is 4. The molecule has 35 heteroatoms. The number of fused-ring (bicyclic) bond motifs is 1. The molecule has 0 aromatic heterocycles. The van der Waals surface area contributed by atoms with Gasteiger partial charge in [-0.2, -0.15) is 0 Å². The van der Waals surface area contributed by atoms with Crippen molar-refractivity contribution in [2.75, 3.05) is 32.2 Å². The number of rotatable bonds is 21. The van der Waals surface area contributed by atoms with Crippen molar-refractivity contribution in [1.29, 1.82) is 0 Å². The molecule has 0 spiro atoms. The van der Waals surface area contributed by atoms with Crippen molar-refractivity contribution in [2.24, 2.45) is 17.4 Å². The number of phenols is 4. The molecular weight excluding hydrogens is 1620 g/mol. The second kappa shape index (κ2) is 45.4. The van der Waals surface area contributed by atoms with E-state index >= 15 is 33.6 Å². The number of nitrogens with zero attached hydrogens (tertiary/aromatic N) is 2. The lowest BCUT2D eigenvalue weighted by Crippen LogP contribution is -2.62. The number of likely N-dealkylation sites (N-methyl/N-ethyl adjacent to an activating group) is 1. The van der Waals surface area contributed by atoms with Crippen molar-refractivity contribution in [3.05, 3.63) is 221 Å². The Balaban J connectivity index is 1.13. The monoisotopic (exact) mass is 1720 g/mol. The SMILES string of the molecule is COc1ccc(C[C@H]2C(=O)N[C@@H](Cc3ccccc3)C(=O)N[C@H](C(N)=O)CSCC(=O)N[C@@H](Cc3ccc(O)cc3)C(=O)N[C@@H]([C@@H](C)O)C(=O)N[C@@H](CC(N)=O)C(=O)N[C@@H](Cc3ccccc3)C(=O)N[C@@H](Cc3ccc(O)cc3)C(=O)N[C@@H](CC(C)C)C(=O)N[C@@H](Cc3ccc(O)cc3)C(=O)N3CCC[C@H]3C(=O)N[C@@H](Cc3ccc(O)cc3)C(=O)N2C)cc1. The summed E-state index contributed by atoms with van der Waals surface area (Å²) in [6, 6.07) is 26.2. The molecule has 0 bridgehead atoms. The third kappa shape index (κ3) is 28.3. The molecule has 0 unspecified atom stereocenters. The van der Waals surface area contributed by atoms with Crippen LogP contribution in [0.3, 0.4) is 0 Å². The molecule has 7 aromatic carbocycles. The van der Waals surface area contributed by atoms with Gasteiger partial charge in [0.2, 0.25) is 82.7 Å². The Morgan fingerprint density at radius 1 is 0.427 bits per heavy atom. The zero-order valence-corrected chi connectivity index (χ0v) is 69.9. The summed E-state index contributed by atoms with van der Waals surface area (Å²) in [6.45, 7) is 4.55. The number of aliphatic hydroxyl groups is 1. The zero-order valence-electron chi connectivity index (χ0n) is 69.1. The quantitative estimate of drug-likeness (QED) is 0.0471. The van der Waals surface area contributed by atoms with E-state index in [1.54, 1.807) is 98.8 Å². The van der Waals surface area contributed by atoms with Crippen LogP contribution in [0.15, 0.2) is 182 Å². The normalized spacial score (nSPS) is 23.0. The van der Waals surface area contributed by atoms with Crippen LogP contribution in [-0.2, 0) is 112 Å². The van der Waals surface area contributed by atoms with E-state index in [2.05, 4.69) is 53.2 Å². The molecule has 13 atom stereocenters. The maximum atomic E-state index is 15.7. The number of aliphatic hydroxyl groups excluding tert-OH is 1. The fourth-order valence-electron chi connectivity index (χ4n) is 14.3. The molecule has 19 N–H and O–H groups in total. The van der Waals surface area contributed by atoms with Crippen LogP contribution in [0.5, 0.6) is 28.7 Å². The second-order valence-corrected chi connectivity index (χ2v) is 32.2. The number of carbonyl (C=O) groups excluding carboxylic acids is 14. The number of ether oxygens (including phenoxy) is 1. The van der Waals surface area contributed by atoms with Gasteiger partial charge in [-0.05, 0) is 132 Å². The summed E-state index contributed by atoms with van der Waals surface area (Å²) in [5.41, 5.74) is 14.6. The van der Waals surface area contributed by atoms with Gasteiger partial charge in [0.05, 0.1) is 25.4 Å². The smallest absolute Gasteiger partial charge is 0.246 e. The standard InChI is InChI=1S/C89H106N14O20S/c1-50(2)39-64-79(112)98-71(45-57-24-34-62(108)35-25-57)89(122)103-38-12-17-73(103)85(118)99-70(44-56-22-32-61(107)33-23-56)88(121)102(4)74(46-58-26-36-63(123-5)37-27-58)86(119)96-68(41-53-15-10-7-11-16-53)82(115)100-72(78(91)111)48-124-49-76(110)92-65(42-54-18-28-59(105)29-19-54)84(117)101-77(51(3)104)87(120)97-69(47-75(90)109)83(116)95-66(40-52-13-8-6-9-14-52)81(114)94-67(80(113)93-64)43-55-20-30-60(106)31-21-55/h6-11,13-16,18-37,50-51,64-74,77,104-108H,12,17,38-49H2,1-5H3,(H2,90,109)(H2,91,111)(H,92,110)(H,93,113)(H,94,114)(H,95,116)(H,96,119)(H,97,120)(H,98,112)(H,99,118)(H,100,115)(H,101,117)/t51-,64+,65+,66+,67+,68+,69+,70+,71+,72+,73+,74+,77+/m1/s1. The largest absolute Gasteiger partial charge is 0.508 e. The molecule has 0 aliphatic carbocycles. The Kier molecular flexibility index (Phi) is 34.5. The maximum Gasteiger partial charge on any atom is 0.246 e. The average molecular weight is 1720 g/mol. The molecule has 34 nitrogen and oxygen atoms in total. The van der Waals surface area contributed by atoms with E-state index in [0.29, 0.717) is 44.7 Å². The van der Waals surface area contributed by atoms with Crippen molar-refractivity contribution < 1.29 is 97.4 Å². The first-order valence-electron chi connectivity index (χ1n) is 40.4. The minimum atomic E-state index is -1.98. The molecule has 2 aliphatic rings. The molecule has 0 saturated carbocycles. The van der Waals surface area contributed by atoms with Gasteiger partial charge in [-0.3, -0.25) is 67.1 Å². The van der Waals surface area contributed by atoms with Crippen LogP contribution >= 0.6 is 11.8 Å². The molecule has 9 rings (SSSR count). The molecule has 14 amide bonds. The highest BCUT2D eigenvalue weighted by Crippen LogP contribution is 2.25. The first-order valence-corrected chi connectivity index (χ1v) is 41.6. The van der Waals surface area contributed by atoms with Crippen molar-refractivity contribution in [1.82, 2.24) is 63.0 Å². The number of carbonyl (C=O) groups is 14. The minimum absolute atomic E-state index is 0.0275. The number of hydrogen-bond acceptors (Lipinski definition) is 21. The number of primary amides is 2. The lowest BCUT2D eigenvalue weighted by molar-refractivity contribution is -0.145. The van der Waals surface area contributed by atoms with Crippen LogP contribution in [0.1, 0.15) is 85.4 Å². The second-order valence-electron chi connectivity index (χ2n) is 31.1. The van der Waals surface area contributed by atoms with Crippen molar-refractivity contribution in [2.45, 2.75) is 170 Å². The molecule has 2 fully saturated rings. The number of thioether (sulfide) groups is 1. The highest BCUT2D eigenvalue weighted by Gasteiger charge is 2.43. The van der Waals surface area contributed by atoms with Crippen LogP contribution in [0.25, 0.3) is 0 Å². The summed E-state index contributed by atoms with van der Waals surface area (Å²) >= 11 is 0.774. The van der Waals surface area contributed by atoms with Gasteiger partial charge in [0.1, 0.15) is 101 Å². The predicted octanol–water partition coefficient (Wildman–Crippen LogP) is 0.717. The number of hydrogen-bond donors (Lipinski definition) is 17. The van der Waals surface area contributed by atoms with Crippen molar-refractivity contribution in [3.63, 3.8) is 0 Å². The van der Waals surface area contributed by atoms with Crippen molar-refractivity contribution in [3.8, 4) is 28.7 Å². The predicted molar refractivity (Wildman–Crippen MR) is 456 cm³/mol. The molecular formula is C89H106N14O20S. The van der Waals surface area contributed by atoms with Crippen LogP contribution in [0.4, 0.5) is 0 Å². The maximum absolute atomic E-state index is 15.7. The van der Waals surface area contributed by atoms with Gasteiger partial charge >= 0.3 is 0 Å². The molecule has 2 saturated heterocycles. The minimum Gasteiger partial charge on any atom is -0.508 e. The highest BCUT2D eigenvalue weighted by atomic mass is 32.2. The number of amides is 14. The fourth-order valence-corrected chi connectivity index (χ4v) is 15.2. The number of methoxy groups -OCH3 is 1. The van der Waals surface area contributed by atoms with Crippen LogP contribution in [0, 0.1) is 5.92 Å². The van der Waals surface area contributed by atoms with E-state index in [-0.39, 0.29) is 99.7 Å². The first kappa shape index (κ1) is 94.3. The number of benzene rings is 7. The van der Waals surface area contributed by atoms with E-state index in [1.807, 2.05) is 0 Å². The van der Waals surface area contributed by atoms with Crippen LogP contribution < -0.4 is 69.4 Å². The molecule has 2 heterocycles. The van der Waals surface area contributed by atoms with Crippen LogP contribution in [0.2, 0.25) is 0 Å². The summed E-state index contributed by atoms with van der Waals surface area (Å²) < 4.78 is 5.43. The topological polar surface area (TPSA) is 528 Å². The summed E-state index contributed by atoms with van der Waals surface area (Å²) in [5.74, 6) is -15.4. The summed E-state index contributed by atoms with van der Waals surface area (Å²) in [6.07, 6.45) is -4.58. The van der Waals surface area contributed by atoms with E-state index in [4.69, 9.17) is 16.2 Å². The van der Waals surface area contributed by atoms with E-state index in [1.165, 1.54) is 116 Å². The van der Waals surface area contributed by atoms with Crippen LogP contribution in [-0.4, -0.2) is 229 Å². The molecule has 2 aliphatic heterocycles. The molecule has 124 heavy (non-hydrogen) atoms. The highest BCUT2D eigenvalue weighted by molar-refractivity contribution is 8.00. The summed E-state index contributed by atoms with van der Waals surface area (Å²) in [4.78, 5) is 210. The molecule has 658 valence electrons. The number of nitrogens with two attached hydrogens (primary N) is 2. The summed E-state index contributed by atoms with van der Waals surface area (Å²) in [5, 5.41) is 79.1. The third-order valence-electron chi connectivity index (χ3n) is 21.0. The summed E-state index contributed by atoms with van der Waals surface area (Å²) in [7, 11) is 2.77. The zero-order chi connectivity index (χ0) is 89.8. The Labute approximate surface area is 720 Å². The van der Waals surface area contributed by atoms with Gasteiger partial charge < -0.3 is 105 Å². The van der Waals surface area contributed by atoms with E-state index in [0.717, 1.165) is 23.6 Å². The lowest BCUT2D eigenvalue weighted by Gasteiger charge is -2.34.